The molecule has 4 heteroatoms. The Morgan fingerprint density at radius 3 is 1.12 bits per heavy atom. The molecule has 2 aliphatic rings. The SMILES string of the molecule is C[Si]1(c2ccccc2)[Si](c2ccccc2)(c2ccccc2)[Si](c2ccccc2)(c2cccc(-c3cccc4c3Cc3ccccc3-4)c2)[Si]1(c1ccccc1)c1ccccc1. The lowest BCUT2D eigenvalue weighted by molar-refractivity contribution is 1.26. The number of benzene rings is 9. The zero-order valence-corrected chi connectivity index (χ0v) is 37.9. The molecule has 0 nitrogen and oxygen atoms in total. The molecule has 0 atom stereocenters. The molecule has 11 rings (SSSR count). The van der Waals surface area contributed by atoms with Crippen LogP contribution in [0.15, 0.2) is 249 Å². The van der Waals surface area contributed by atoms with Crippen molar-refractivity contribution < 1.29 is 0 Å². The maximum Gasteiger partial charge on any atom is 0.120 e. The van der Waals surface area contributed by atoms with E-state index in [1.54, 1.807) is 36.3 Å². The van der Waals surface area contributed by atoms with Gasteiger partial charge in [0.05, 0.1) is 7.11 Å². The van der Waals surface area contributed by atoms with Gasteiger partial charge < -0.3 is 0 Å². The summed E-state index contributed by atoms with van der Waals surface area (Å²) in [7, 11) is -11.6. The third kappa shape index (κ3) is 4.82. The van der Waals surface area contributed by atoms with Gasteiger partial charge in [-0.2, -0.15) is 0 Å². The molecule has 60 heavy (non-hydrogen) atoms. The van der Waals surface area contributed by atoms with E-state index in [0.29, 0.717) is 0 Å². The Hall–Kier alpha value is -6.15. The van der Waals surface area contributed by atoms with E-state index in [1.807, 2.05) is 0 Å². The van der Waals surface area contributed by atoms with Crippen molar-refractivity contribution >= 4 is 64.7 Å². The lowest BCUT2D eigenvalue weighted by atomic mass is 9.96. The van der Waals surface area contributed by atoms with Gasteiger partial charge >= 0.3 is 0 Å². The summed E-state index contributed by atoms with van der Waals surface area (Å²) in [5.74, 6) is 0. The molecule has 1 fully saturated rings. The van der Waals surface area contributed by atoms with Crippen molar-refractivity contribution in [2.24, 2.45) is 0 Å². The molecule has 0 amide bonds. The number of rotatable bonds is 8. The Kier molecular flexibility index (Phi) is 8.94. The molecule has 0 N–H and O–H groups in total. The fraction of sp³-hybridized carbons (Fsp3) is 0.0357. The smallest absolute Gasteiger partial charge is 0.0682 e. The lowest BCUT2D eigenvalue weighted by Gasteiger charge is -2.78. The second-order valence-electron chi connectivity index (χ2n) is 16.8. The van der Waals surface area contributed by atoms with Crippen LogP contribution in [0.5, 0.6) is 0 Å². The summed E-state index contributed by atoms with van der Waals surface area (Å²) in [4.78, 5) is 0. The molecule has 0 bridgehead atoms. The molecule has 1 saturated heterocycles. The van der Waals surface area contributed by atoms with Crippen LogP contribution >= 0.6 is 0 Å². The van der Waals surface area contributed by atoms with E-state index in [1.165, 1.54) is 33.4 Å². The summed E-state index contributed by atoms with van der Waals surface area (Å²) in [6.45, 7) is 2.88. The monoisotopic (exact) mass is 830 g/mol. The average Bonchev–Trinajstić information content (AvgIpc) is 3.72. The Morgan fingerprint density at radius 2 is 0.633 bits per heavy atom. The predicted molar refractivity (Wildman–Crippen MR) is 265 cm³/mol. The van der Waals surface area contributed by atoms with Crippen molar-refractivity contribution in [3.63, 3.8) is 0 Å². The number of hydrogen-bond donors (Lipinski definition) is 0. The predicted octanol–water partition coefficient (Wildman–Crippen LogP) is 8.33. The van der Waals surface area contributed by atoms with Crippen molar-refractivity contribution in [3.8, 4) is 22.3 Å². The first-order valence-electron chi connectivity index (χ1n) is 21.3. The van der Waals surface area contributed by atoms with Crippen LogP contribution in [-0.4, -0.2) is 28.4 Å². The minimum absolute atomic E-state index is 0.964. The fourth-order valence-electron chi connectivity index (χ4n) is 12.6. The first-order chi connectivity index (χ1) is 29.7. The Morgan fingerprint density at radius 1 is 0.283 bits per heavy atom. The topological polar surface area (TPSA) is 0 Å². The van der Waals surface area contributed by atoms with Crippen LogP contribution in [0.4, 0.5) is 0 Å². The molecule has 286 valence electrons. The van der Waals surface area contributed by atoms with E-state index < -0.39 is 28.4 Å². The van der Waals surface area contributed by atoms with Crippen molar-refractivity contribution in [3.05, 3.63) is 260 Å². The summed E-state index contributed by atoms with van der Waals surface area (Å²) in [6.07, 6.45) is 0.964. The first kappa shape index (κ1) is 36.9. The highest BCUT2D eigenvalue weighted by molar-refractivity contribution is 8.25. The summed E-state index contributed by atoms with van der Waals surface area (Å²) in [5, 5.41) is 11.1. The Balaban J connectivity index is 1.37. The van der Waals surface area contributed by atoms with Gasteiger partial charge in [-0.1, -0.05) is 292 Å². The van der Waals surface area contributed by atoms with Crippen LogP contribution in [-0.2, 0) is 6.42 Å². The van der Waals surface area contributed by atoms with Gasteiger partial charge in [-0.3, -0.25) is 0 Å². The van der Waals surface area contributed by atoms with Crippen LogP contribution < -0.4 is 36.3 Å². The zero-order valence-electron chi connectivity index (χ0n) is 33.9. The third-order valence-electron chi connectivity index (χ3n) is 14.5. The average molecular weight is 831 g/mol. The highest BCUT2D eigenvalue weighted by Crippen LogP contribution is 2.51. The molecule has 9 aromatic rings. The van der Waals surface area contributed by atoms with E-state index in [0.717, 1.165) is 6.42 Å². The quantitative estimate of drug-likeness (QED) is 0.135. The van der Waals surface area contributed by atoms with Crippen molar-refractivity contribution in [1.29, 1.82) is 0 Å². The lowest BCUT2D eigenvalue weighted by Crippen LogP contribution is -3.23. The second kappa shape index (κ2) is 14.5. The molecule has 0 aromatic heterocycles. The first-order valence-corrected chi connectivity index (χ1v) is 33.8. The van der Waals surface area contributed by atoms with E-state index in [4.69, 9.17) is 0 Å². The van der Waals surface area contributed by atoms with Gasteiger partial charge in [0.15, 0.2) is 0 Å². The van der Waals surface area contributed by atoms with Gasteiger partial charge in [0.2, 0.25) is 0 Å². The van der Waals surface area contributed by atoms with Crippen molar-refractivity contribution in [2.75, 3.05) is 0 Å². The van der Waals surface area contributed by atoms with Crippen LogP contribution in [0.1, 0.15) is 11.1 Å². The molecule has 1 aliphatic heterocycles. The van der Waals surface area contributed by atoms with E-state index in [-0.39, 0.29) is 0 Å². The highest BCUT2D eigenvalue weighted by atomic mass is 30.2. The van der Waals surface area contributed by atoms with Crippen LogP contribution in [0, 0.1) is 0 Å². The molecular formula is C56H46Si4. The van der Waals surface area contributed by atoms with E-state index >= 15 is 0 Å². The summed E-state index contributed by atoms with van der Waals surface area (Å²) >= 11 is 0. The van der Waals surface area contributed by atoms with Gasteiger partial charge in [-0.15, -0.1) is 0 Å². The molecule has 1 aliphatic carbocycles. The Bertz CT molecular complexity index is 2780. The molecule has 0 saturated carbocycles. The molecular weight excluding hydrogens is 785 g/mol. The maximum atomic E-state index is 2.88. The largest absolute Gasteiger partial charge is 0.120 e. The highest BCUT2D eigenvalue weighted by Gasteiger charge is 2.92. The molecule has 0 spiro atoms. The van der Waals surface area contributed by atoms with Crippen LogP contribution in [0.25, 0.3) is 22.3 Å². The van der Waals surface area contributed by atoms with Crippen LogP contribution in [0.3, 0.4) is 0 Å². The molecule has 0 radical (unpaired) electrons. The number of hydrogen-bond acceptors (Lipinski definition) is 0. The minimum Gasteiger partial charge on any atom is -0.0682 e. The van der Waals surface area contributed by atoms with Gasteiger partial charge in [0.25, 0.3) is 0 Å². The zero-order chi connectivity index (χ0) is 40.2. The van der Waals surface area contributed by atoms with Crippen molar-refractivity contribution in [1.82, 2.24) is 0 Å². The normalized spacial score (nSPS) is 19.4. The van der Waals surface area contributed by atoms with Gasteiger partial charge in [0.1, 0.15) is 21.3 Å². The summed E-state index contributed by atoms with van der Waals surface area (Å²) in [5.41, 5.74) is 8.34. The van der Waals surface area contributed by atoms with Gasteiger partial charge in [-0.05, 0) is 39.8 Å². The second-order valence-corrected chi connectivity index (χ2v) is 53.1. The van der Waals surface area contributed by atoms with E-state index in [9.17, 15) is 0 Å². The van der Waals surface area contributed by atoms with Crippen LogP contribution in [0.2, 0.25) is 6.55 Å². The molecule has 1 heterocycles. The number of fused-ring (bicyclic) bond motifs is 3. The van der Waals surface area contributed by atoms with Crippen molar-refractivity contribution in [2.45, 2.75) is 13.0 Å². The van der Waals surface area contributed by atoms with E-state index in [2.05, 4.69) is 255 Å². The minimum atomic E-state index is -3.05. The van der Waals surface area contributed by atoms with Gasteiger partial charge in [-0.25, -0.2) is 0 Å². The summed E-state index contributed by atoms with van der Waals surface area (Å²) < 4.78 is 0. The molecule has 9 aromatic carbocycles. The maximum absolute atomic E-state index is 3.05. The summed E-state index contributed by atoms with van der Waals surface area (Å²) in [6, 6.07) is 98.3. The third-order valence-corrected chi connectivity index (χ3v) is 94.5. The fourth-order valence-corrected chi connectivity index (χ4v) is 137. The standard InChI is InChI=1S/C56H46Si4/c1-57(46-26-8-2-9-27-46)58(47-28-10-3-11-29-47,48-30-12-4-13-31-48)60(51-36-18-7-19-37-51,59(57,49-32-14-5-15-33-49)50-34-16-6-17-35-50)52-38-22-25-44(42-52)54-40-23-41-55-53-39-21-20-24-45(53)43-56(54)55/h2-42H,43H2,1H3. The van der Waals surface area contributed by atoms with Gasteiger partial charge in [0, 0.05) is 0 Å². The Labute approximate surface area is 357 Å². The molecule has 0 unspecified atom stereocenters.